The Morgan fingerprint density at radius 2 is 1.87 bits per heavy atom. The van der Waals surface area contributed by atoms with Crippen molar-refractivity contribution in [2.24, 2.45) is 5.92 Å². The summed E-state index contributed by atoms with van der Waals surface area (Å²) in [6.45, 7) is 6.43. The predicted octanol–water partition coefficient (Wildman–Crippen LogP) is 3.31. The highest BCUT2D eigenvalue weighted by Crippen LogP contribution is 2.19. The lowest BCUT2D eigenvalue weighted by atomic mass is 10.1. The van der Waals surface area contributed by atoms with E-state index in [0.29, 0.717) is 31.7 Å². The first kappa shape index (κ1) is 19.5. The van der Waals surface area contributed by atoms with Crippen LogP contribution in [0.25, 0.3) is 0 Å². The Labute approximate surface area is 145 Å². The van der Waals surface area contributed by atoms with E-state index in [9.17, 15) is 9.59 Å². The lowest BCUT2D eigenvalue weighted by Gasteiger charge is -2.22. The molecule has 1 atom stereocenters. The number of esters is 1. The van der Waals surface area contributed by atoms with Crippen molar-refractivity contribution in [2.75, 3.05) is 13.2 Å². The molecule has 5 nitrogen and oxygen atoms in total. The average Bonchev–Trinajstić information content (AvgIpc) is 2.50. The molecule has 0 aromatic heterocycles. The topological polar surface area (TPSA) is 64.6 Å². The summed E-state index contributed by atoms with van der Waals surface area (Å²) in [6, 6.07) is 7.36. The van der Waals surface area contributed by atoms with Crippen LogP contribution in [-0.4, -0.2) is 31.1 Å². The molecule has 6 heteroatoms. The van der Waals surface area contributed by atoms with E-state index in [2.05, 4.69) is 21.2 Å². The number of halogens is 1. The zero-order valence-electron chi connectivity index (χ0n) is 13.8. The highest BCUT2D eigenvalue weighted by molar-refractivity contribution is 9.10. The van der Waals surface area contributed by atoms with Gasteiger partial charge in [0.1, 0.15) is 5.75 Å². The van der Waals surface area contributed by atoms with Crippen molar-refractivity contribution in [2.45, 2.75) is 39.7 Å². The summed E-state index contributed by atoms with van der Waals surface area (Å²) in [5, 5.41) is 2.81. The molecule has 0 aliphatic heterocycles. The second-order valence-electron chi connectivity index (χ2n) is 5.44. The first-order valence-electron chi connectivity index (χ1n) is 7.79. The summed E-state index contributed by atoms with van der Waals surface area (Å²) in [5.74, 6) is 0.261. The minimum Gasteiger partial charge on any atom is -0.480 e. The Morgan fingerprint density at radius 3 is 2.43 bits per heavy atom. The number of rotatable bonds is 9. The number of nitrogens with one attached hydrogen (secondary N) is 1. The number of carbonyl (C=O) groups is 2. The second kappa shape index (κ2) is 10.3. The van der Waals surface area contributed by atoms with Gasteiger partial charge in [0.05, 0.1) is 6.61 Å². The van der Waals surface area contributed by atoms with Crippen LogP contribution in [-0.2, 0) is 14.3 Å². The van der Waals surface area contributed by atoms with Crippen molar-refractivity contribution in [1.29, 1.82) is 0 Å². The van der Waals surface area contributed by atoms with Gasteiger partial charge in [0.2, 0.25) is 0 Å². The molecule has 0 bridgehead atoms. The first-order chi connectivity index (χ1) is 10.9. The largest absolute Gasteiger partial charge is 0.480 e. The van der Waals surface area contributed by atoms with E-state index in [-0.39, 0.29) is 17.8 Å². The van der Waals surface area contributed by atoms with Gasteiger partial charge in [-0.3, -0.25) is 9.59 Å². The van der Waals surface area contributed by atoms with E-state index in [1.807, 2.05) is 38.1 Å². The van der Waals surface area contributed by atoms with E-state index in [0.717, 1.165) is 4.47 Å². The number of benzene rings is 1. The third-order valence-corrected chi connectivity index (χ3v) is 3.63. The summed E-state index contributed by atoms with van der Waals surface area (Å²) < 4.78 is 11.6. The van der Waals surface area contributed by atoms with Crippen LogP contribution in [0.4, 0.5) is 0 Å². The summed E-state index contributed by atoms with van der Waals surface area (Å²) in [6.07, 6.45) is 0.278. The molecule has 23 heavy (non-hydrogen) atoms. The van der Waals surface area contributed by atoms with Gasteiger partial charge in [-0.05, 0) is 43.5 Å². The van der Waals surface area contributed by atoms with Crippen LogP contribution in [0, 0.1) is 5.92 Å². The SMILES string of the molecule is CCOC(=O)CCCNC(=O)C(Oc1ccc(Br)cc1)C(C)C. The van der Waals surface area contributed by atoms with Gasteiger partial charge in [-0.2, -0.15) is 0 Å². The molecule has 0 spiro atoms. The van der Waals surface area contributed by atoms with Crippen LogP contribution in [0.3, 0.4) is 0 Å². The molecule has 0 aliphatic rings. The summed E-state index contributed by atoms with van der Waals surface area (Å²) in [7, 11) is 0. The fourth-order valence-corrected chi connectivity index (χ4v) is 2.19. The highest BCUT2D eigenvalue weighted by atomic mass is 79.9. The van der Waals surface area contributed by atoms with Gasteiger partial charge in [0.25, 0.3) is 5.91 Å². The Hall–Kier alpha value is -1.56. The summed E-state index contributed by atoms with van der Waals surface area (Å²) >= 11 is 3.36. The van der Waals surface area contributed by atoms with Gasteiger partial charge < -0.3 is 14.8 Å². The number of amides is 1. The zero-order chi connectivity index (χ0) is 17.2. The molecule has 1 aromatic carbocycles. The molecule has 0 heterocycles. The third kappa shape index (κ3) is 7.50. The van der Waals surface area contributed by atoms with E-state index in [1.165, 1.54) is 0 Å². The molecule has 1 amide bonds. The lowest BCUT2D eigenvalue weighted by Crippen LogP contribution is -2.42. The Bertz CT molecular complexity index is 502. The van der Waals surface area contributed by atoms with Crippen LogP contribution in [0.2, 0.25) is 0 Å². The van der Waals surface area contributed by atoms with Crippen LogP contribution in [0.1, 0.15) is 33.6 Å². The van der Waals surface area contributed by atoms with Gasteiger partial charge in [-0.25, -0.2) is 0 Å². The van der Waals surface area contributed by atoms with Gasteiger partial charge in [0, 0.05) is 17.4 Å². The van der Waals surface area contributed by atoms with Gasteiger partial charge >= 0.3 is 5.97 Å². The molecule has 128 valence electrons. The van der Waals surface area contributed by atoms with Gasteiger partial charge in [-0.15, -0.1) is 0 Å². The molecular formula is C17H24BrNO4. The normalized spacial score (nSPS) is 11.9. The number of carbonyl (C=O) groups excluding carboxylic acids is 2. The van der Waals surface area contributed by atoms with E-state index in [4.69, 9.17) is 9.47 Å². The third-order valence-electron chi connectivity index (χ3n) is 3.10. The summed E-state index contributed by atoms with van der Waals surface area (Å²) in [4.78, 5) is 23.5. The summed E-state index contributed by atoms with van der Waals surface area (Å²) in [5.41, 5.74) is 0. The number of hydrogen-bond donors (Lipinski definition) is 1. The molecule has 1 N–H and O–H groups in total. The maximum atomic E-state index is 12.3. The molecular weight excluding hydrogens is 362 g/mol. The fraction of sp³-hybridized carbons (Fsp3) is 0.529. The second-order valence-corrected chi connectivity index (χ2v) is 6.35. The Balaban J connectivity index is 2.45. The Morgan fingerprint density at radius 1 is 1.22 bits per heavy atom. The first-order valence-corrected chi connectivity index (χ1v) is 8.59. The van der Waals surface area contributed by atoms with Crippen LogP contribution < -0.4 is 10.1 Å². The maximum Gasteiger partial charge on any atom is 0.305 e. The smallest absolute Gasteiger partial charge is 0.305 e. The number of hydrogen-bond acceptors (Lipinski definition) is 4. The quantitative estimate of drug-likeness (QED) is 0.523. The van der Waals surface area contributed by atoms with Crippen molar-refractivity contribution in [3.05, 3.63) is 28.7 Å². The standard InChI is InChI=1S/C17H24BrNO4/c1-4-22-15(20)6-5-11-19-17(21)16(12(2)3)23-14-9-7-13(18)8-10-14/h7-10,12,16H,4-6,11H2,1-3H3,(H,19,21). The molecule has 1 rings (SSSR count). The predicted molar refractivity (Wildman–Crippen MR) is 92.3 cm³/mol. The van der Waals surface area contributed by atoms with Crippen molar-refractivity contribution in [3.63, 3.8) is 0 Å². The van der Waals surface area contributed by atoms with Crippen LogP contribution in [0.5, 0.6) is 5.75 Å². The van der Waals surface area contributed by atoms with E-state index in [1.54, 1.807) is 6.92 Å². The maximum absolute atomic E-state index is 12.3. The average molecular weight is 386 g/mol. The minimum absolute atomic E-state index is 0.0312. The van der Waals surface area contributed by atoms with Crippen LogP contribution in [0.15, 0.2) is 28.7 Å². The molecule has 0 aliphatic carbocycles. The molecule has 0 saturated heterocycles. The molecule has 1 unspecified atom stereocenters. The number of ether oxygens (including phenoxy) is 2. The highest BCUT2D eigenvalue weighted by Gasteiger charge is 2.23. The zero-order valence-corrected chi connectivity index (χ0v) is 15.4. The Kier molecular flexibility index (Phi) is 8.69. The van der Waals surface area contributed by atoms with Crippen molar-refractivity contribution < 1.29 is 19.1 Å². The lowest BCUT2D eigenvalue weighted by molar-refractivity contribution is -0.143. The molecule has 0 radical (unpaired) electrons. The monoisotopic (exact) mass is 385 g/mol. The van der Waals surface area contributed by atoms with Crippen molar-refractivity contribution in [3.8, 4) is 5.75 Å². The van der Waals surface area contributed by atoms with Gasteiger partial charge in [0.15, 0.2) is 6.10 Å². The van der Waals surface area contributed by atoms with Gasteiger partial charge in [-0.1, -0.05) is 29.8 Å². The molecule has 1 aromatic rings. The van der Waals surface area contributed by atoms with Crippen molar-refractivity contribution in [1.82, 2.24) is 5.32 Å². The fourth-order valence-electron chi connectivity index (χ4n) is 1.93. The van der Waals surface area contributed by atoms with E-state index >= 15 is 0 Å². The molecule has 0 saturated carbocycles. The van der Waals surface area contributed by atoms with E-state index < -0.39 is 6.10 Å². The minimum atomic E-state index is -0.571. The van der Waals surface area contributed by atoms with Crippen molar-refractivity contribution >= 4 is 27.8 Å². The van der Waals surface area contributed by atoms with Crippen LogP contribution >= 0.6 is 15.9 Å². The molecule has 0 fully saturated rings.